The summed E-state index contributed by atoms with van der Waals surface area (Å²) in [7, 11) is 0. The van der Waals surface area contributed by atoms with Crippen molar-refractivity contribution < 1.29 is 14.3 Å². The zero-order valence-electron chi connectivity index (χ0n) is 10.9. The molecule has 0 atom stereocenters. The van der Waals surface area contributed by atoms with Crippen molar-refractivity contribution >= 4 is 5.78 Å². The number of ketones is 1. The van der Waals surface area contributed by atoms with Gasteiger partial charge in [0.1, 0.15) is 5.82 Å². The van der Waals surface area contributed by atoms with Gasteiger partial charge in [0, 0.05) is 38.3 Å². The summed E-state index contributed by atoms with van der Waals surface area (Å²) in [5.41, 5.74) is 0.555. The number of carbonyl (C=O) groups is 1. The van der Waals surface area contributed by atoms with Crippen molar-refractivity contribution in [2.75, 3.05) is 45.9 Å². The van der Waals surface area contributed by atoms with Crippen molar-refractivity contribution in [3.8, 4) is 0 Å². The van der Waals surface area contributed by atoms with Crippen LogP contribution in [-0.2, 0) is 0 Å². The highest BCUT2D eigenvalue weighted by molar-refractivity contribution is 5.97. The van der Waals surface area contributed by atoms with E-state index in [0.717, 1.165) is 26.2 Å². The monoisotopic (exact) mass is 266 g/mol. The summed E-state index contributed by atoms with van der Waals surface area (Å²) in [4.78, 5) is 16.3. The Bertz CT molecular complexity index is 414. The molecule has 0 spiro atoms. The molecule has 0 unspecified atom stereocenters. The van der Waals surface area contributed by atoms with E-state index in [0.29, 0.717) is 18.7 Å². The molecule has 104 valence electrons. The van der Waals surface area contributed by atoms with Gasteiger partial charge in [0.2, 0.25) is 0 Å². The molecule has 19 heavy (non-hydrogen) atoms. The molecule has 1 saturated heterocycles. The highest BCUT2D eigenvalue weighted by Crippen LogP contribution is 2.07. The quantitative estimate of drug-likeness (QED) is 0.793. The van der Waals surface area contributed by atoms with E-state index in [1.807, 2.05) is 0 Å². The van der Waals surface area contributed by atoms with Crippen LogP contribution in [0.2, 0.25) is 0 Å². The van der Waals surface area contributed by atoms with Crippen LogP contribution in [-0.4, -0.2) is 66.6 Å². The Morgan fingerprint density at radius 1 is 1.11 bits per heavy atom. The standard InChI is InChI=1S/C14H19FN2O2/c15-13-3-1-12(2-4-13)14(19)11-17-7-5-16(6-8-17)9-10-18/h1-4,18H,5-11H2. The number of β-amino-alcohol motifs (C(OH)–C–C–N with tert-alkyl or cyclic N) is 1. The molecule has 0 radical (unpaired) electrons. The maximum atomic E-state index is 12.8. The Hall–Kier alpha value is -1.30. The molecule has 1 fully saturated rings. The summed E-state index contributed by atoms with van der Waals surface area (Å²) in [6.45, 7) is 4.64. The molecule has 2 rings (SSSR count). The van der Waals surface area contributed by atoms with Gasteiger partial charge in [0.25, 0.3) is 0 Å². The first-order chi connectivity index (χ1) is 9.19. The third kappa shape index (κ3) is 4.09. The lowest BCUT2D eigenvalue weighted by Crippen LogP contribution is -2.48. The number of aliphatic hydroxyl groups is 1. The first-order valence-electron chi connectivity index (χ1n) is 6.53. The molecule has 1 heterocycles. The van der Waals surface area contributed by atoms with E-state index in [4.69, 9.17) is 5.11 Å². The van der Waals surface area contributed by atoms with Crippen molar-refractivity contribution in [3.63, 3.8) is 0 Å². The second kappa shape index (κ2) is 6.75. The topological polar surface area (TPSA) is 43.8 Å². The van der Waals surface area contributed by atoms with Crippen LogP contribution in [0.15, 0.2) is 24.3 Å². The molecule has 1 N–H and O–H groups in total. The molecule has 0 aromatic heterocycles. The van der Waals surface area contributed by atoms with Gasteiger partial charge in [-0.2, -0.15) is 0 Å². The van der Waals surface area contributed by atoms with Gasteiger partial charge in [-0.3, -0.25) is 14.6 Å². The number of aliphatic hydroxyl groups excluding tert-OH is 1. The van der Waals surface area contributed by atoms with Crippen molar-refractivity contribution in [3.05, 3.63) is 35.6 Å². The van der Waals surface area contributed by atoms with Crippen LogP contribution >= 0.6 is 0 Å². The fraction of sp³-hybridized carbons (Fsp3) is 0.500. The van der Waals surface area contributed by atoms with Crippen LogP contribution in [0.3, 0.4) is 0 Å². The number of carbonyl (C=O) groups excluding carboxylic acids is 1. The maximum absolute atomic E-state index is 12.8. The predicted molar refractivity (Wildman–Crippen MR) is 70.7 cm³/mol. The van der Waals surface area contributed by atoms with Gasteiger partial charge in [-0.25, -0.2) is 4.39 Å². The molecule has 5 heteroatoms. The van der Waals surface area contributed by atoms with E-state index in [-0.39, 0.29) is 18.2 Å². The summed E-state index contributed by atoms with van der Waals surface area (Å²) in [6.07, 6.45) is 0. The number of hydrogen-bond donors (Lipinski definition) is 1. The van der Waals surface area contributed by atoms with E-state index < -0.39 is 0 Å². The zero-order chi connectivity index (χ0) is 13.7. The number of benzene rings is 1. The minimum absolute atomic E-state index is 0.0237. The molecule has 4 nitrogen and oxygen atoms in total. The summed E-state index contributed by atoms with van der Waals surface area (Å²) >= 11 is 0. The fourth-order valence-corrected chi connectivity index (χ4v) is 2.24. The largest absolute Gasteiger partial charge is 0.395 e. The van der Waals surface area contributed by atoms with E-state index in [1.165, 1.54) is 24.3 Å². The lowest BCUT2D eigenvalue weighted by Gasteiger charge is -2.33. The number of Topliss-reactive ketones (excluding diaryl/α,β-unsaturated/α-hetero) is 1. The average Bonchev–Trinajstić information content (AvgIpc) is 2.42. The molecule has 1 aliphatic rings. The van der Waals surface area contributed by atoms with Gasteiger partial charge in [0.05, 0.1) is 13.2 Å². The maximum Gasteiger partial charge on any atom is 0.176 e. The first-order valence-corrected chi connectivity index (χ1v) is 6.53. The van der Waals surface area contributed by atoms with Gasteiger partial charge in [-0.05, 0) is 24.3 Å². The summed E-state index contributed by atoms with van der Waals surface area (Å²) in [5, 5.41) is 8.86. The highest BCUT2D eigenvalue weighted by Gasteiger charge is 2.19. The highest BCUT2D eigenvalue weighted by atomic mass is 19.1. The second-order valence-electron chi connectivity index (χ2n) is 4.77. The van der Waals surface area contributed by atoms with Gasteiger partial charge in [-0.15, -0.1) is 0 Å². The fourth-order valence-electron chi connectivity index (χ4n) is 2.24. The van der Waals surface area contributed by atoms with Gasteiger partial charge < -0.3 is 5.11 Å². The van der Waals surface area contributed by atoms with E-state index in [2.05, 4.69) is 9.80 Å². The van der Waals surface area contributed by atoms with E-state index in [1.54, 1.807) is 0 Å². The smallest absolute Gasteiger partial charge is 0.176 e. The molecule has 1 aromatic rings. The summed E-state index contributed by atoms with van der Waals surface area (Å²) in [6, 6.07) is 5.68. The summed E-state index contributed by atoms with van der Waals surface area (Å²) in [5.74, 6) is -0.301. The molecule has 0 saturated carbocycles. The molecular weight excluding hydrogens is 247 g/mol. The minimum atomic E-state index is -0.325. The van der Waals surface area contributed by atoms with Crippen LogP contribution in [0.4, 0.5) is 4.39 Å². The average molecular weight is 266 g/mol. The third-order valence-electron chi connectivity index (χ3n) is 3.41. The lowest BCUT2D eigenvalue weighted by atomic mass is 10.1. The van der Waals surface area contributed by atoms with Crippen LogP contribution in [0, 0.1) is 5.82 Å². The first kappa shape index (κ1) is 14.1. The Morgan fingerprint density at radius 3 is 2.26 bits per heavy atom. The van der Waals surface area contributed by atoms with Gasteiger partial charge in [0.15, 0.2) is 5.78 Å². The minimum Gasteiger partial charge on any atom is -0.395 e. The molecule has 0 aliphatic carbocycles. The third-order valence-corrected chi connectivity index (χ3v) is 3.41. The van der Waals surface area contributed by atoms with Crippen molar-refractivity contribution in [1.29, 1.82) is 0 Å². The van der Waals surface area contributed by atoms with Crippen LogP contribution in [0.5, 0.6) is 0 Å². The number of piperazine rings is 1. The van der Waals surface area contributed by atoms with Crippen molar-refractivity contribution in [2.45, 2.75) is 0 Å². The number of nitrogens with zero attached hydrogens (tertiary/aromatic N) is 2. The van der Waals surface area contributed by atoms with Crippen LogP contribution < -0.4 is 0 Å². The SMILES string of the molecule is O=C(CN1CCN(CCO)CC1)c1ccc(F)cc1. The lowest BCUT2D eigenvalue weighted by molar-refractivity contribution is 0.0822. The Balaban J connectivity index is 1.82. The second-order valence-corrected chi connectivity index (χ2v) is 4.77. The van der Waals surface area contributed by atoms with Gasteiger partial charge in [-0.1, -0.05) is 0 Å². The molecule has 0 bridgehead atoms. The Morgan fingerprint density at radius 2 is 1.68 bits per heavy atom. The molecule has 1 aromatic carbocycles. The normalized spacial score (nSPS) is 17.6. The zero-order valence-corrected chi connectivity index (χ0v) is 10.9. The molecule has 1 aliphatic heterocycles. The number of hydrogen-bond acceptors (Lipinski definition) is 4. The predicted octanol–water partition coefficient (Wildman–Crippen LogP) is 0.618. The van der Waals surface area contributed by atoms with Crippen LogP contribution in [0.25, 0.3) is 0 Å². The molecular formula is C14H19FN2O2. The summed E-state index contributed by atoms with van der Waals surface area (Å²) < 4.78 is 12.8. The van der Waals surface area contributed by atoms with E-state index in [9.17, 15) is 9.18 Å². The molecule has 0 amide bonds. The van der Waals surface area contributed by atoms with Crippen molar-refractivity contribution in [1.82, 2.24) is 9.80 Å². The number of halogens is 1. The Kier molecular flexibility index (Phi) is 5.01. The van der Waals surface area contributed by atoms with Gasteiger partial charge >= 0.3 is 0 Å². The van der Waals surface area contributed by atoms with Crippen LogP contribution in [0.1, 0.15) is 10.4 Å². The Labute approximate surface area is 112 Å². The van der Waals surface area contributed by atoms with Crippen molar-refractivity contribution in [2.24, 2.45) is 0 Å². The number of rotatable bonds is 5. The van der Waals surface area contributed by atoms with E-state index >= 15 is 0 Å².